The summed E-state index contributed by atoms with van der Waals surface area (Å²) < 4.78 is 23.4. The second kappa shape index (κ2) is 6.63. The fourth-order valence-electron chi connectivity index (χ4n) is 1.98. The van der Waals surface area contributed by atoms with Gasteiger partial charge in [0.1, 0.15) is 0 Å². The summed E-state index contributed by atoms with van der Waals surface area (Å²) >= 11 is 0. The first-order valence-corrected chi connectivity index (χ1v) is 8.57. The average Bonchev–Trinajstić information content (AvgIpc) is 2.50. The van der Waals surface area contributed by atoms with Crippen LogP contribution in [0.3, 0.4) is 0 Å². The number of nitrogen functional groups attached to an aromatic ring is 1. The first kappa shape index (κ1) is 15.4. The normalized spacial score (nSPS) is 11.3. The lowest BCUT2D eigenvalue weighted by atomic mass is 10.1. The molecule has 4 nitrogen and oxygen atoms in total. The van der Waals surface area contributed by atoms with Gasteiger partial charge in [-0.25, -0.2) is 8.42 Å². The second-order valence-corrected chi connectivity index (χ2v) is 7.12. The van der Waals surface area contributed by atoms with E-state index in [1.807, 2.05) is 24.3 Å². The van der Waals surface area contributed by atoms with Crippen LogP contribution in [-0.2, 0) is 16.3 Å². The molecular weight excluding hydrogens is 284 g/mol. The van der Waals surface area contributed by atoms with Gasteiger partial charge in [0.15, 0.2) is 9.84 Å². The highest BCUT2D eigenvalue weighted by Gasteiger charge is 2.10. The smallest absolute Gasteiger partial charge is 0.178 e. The molecule has 112 valence electrons. The number of anilines is 2. The van der Waals surface area contributed by atoms with Crippen LogP contribution in [0.25, 0.3) is 0 Å². The number of hydrogen-bond donors (Lipinski definition) is 2. The van der Waals surface area contributed by atoms with Crippen molar-refractivity contribution in [1.82, 2.24) is 0 Å². The fraction of sp³-hybridized carbons (Fsp3) is 0.250. The Morgan fingerprint density at radius 3 is 2.19 bits per heavy atom. The van der Waals surface area contributed by atoms with Crippen molar-refractivity contribution in [2.24, 2.45) is 0 Å². The molecule has 0 saturated heterocycles. The van der Waals surface area contributed by atoms with Crippen LogP contribution in [0, 0.1) is 0 Å². The van der Waals surface area contributed by atoms with Crippen molar-refractivity contribution >= 4 is 21.2 Å². The molecule has 0 radical (unpaired) electrons. The number of hydrogen-bond acceptors (Lipinski definition) is 4. The lowest BCUT2D eigenvalue weighted by Crippen LogP contribution is -2.06. The highest BCUT2D eigenvalue weighted by Crippen LogP contribution is 2.15. The van der Waals surface area contributed by atoms with Crippen molar-refractivity contribution in [3.63, 3.8) is 0 Å². The van der Waals surface area contributed by atoms with E-state index in [1.165, 1.54) is 5.56 Å². The zero-order valence-electron chi connectivity index (χ0n) is 12.0. The Labute approximate surface area is 125 Å². The fourth-order valence-corrected chi connectivity index (χ4v) is 2.87. The summed E-state index contributed by atoms with van der Waals surface area (Å²) in [5, 5.41) is 3.28. The Morgan fingerprint density at radius 2 is 1.62 bits per heavy atom. The minimum atomic E-state index is -3.12. The van der Waals surface area contributed by atoms with Gasteiger partial charge in [0, 0.05) is 17.9 Å². The maximum Gasteiger partial charge on any atom is 0.178 e. The molecule has 2 rings (SSSR count). The van der Waals surface area contributed by atoms with Crippen molar-refractivity contribution in [2.75, 3.05) is 23.3 Å². The molecule has 0 aliphatic heterocycles. The molecule has 2 aromatic rings. The van der Waals surface area contributed by atoms with E-state index in [0.717, 1.165) is 24.3 Å². The highest BCUT2D eigenvalue weighted by atomic mass is 32.2. The number of nitrogens with two attached hydrogens (primary N) is 1. The van der Waals surface area contributed by atoms with Gasteiger partial charge < -0.3 is 11.1 Å². The molecule has 0 aromatic heterocycles. The zero-order chi connectivity index (χ0) is 15.3. The van der Waals surface area contributed by atoms with Gasteiger partial charge >= 0.3 is 0 Å². The van der Waals surface area contributed by atoms with E-state index in [4.69, 9.17) is 5.73 Å². The van der Waals surface area contributed by atoms with Gasteiger partial charge in [-0.1, -0.05) is 19.1 Å². The lowest BCUT2D eigenvalue weighted by Gasteiger charge is -2.08. The van der Waals surface area contributed by atoms with Crippen molar-refractivity contribution in [1.29, 1.82) is 0 Å². The summed E-state index contributed by atoms with van der Waals surface area (Å²) in [6, 6.07) is 14.7. The largest absolute Gasteiger partial charge is 0.399 e. The molecular formula is C16H20N2O2S. The number of sulfone groups is 1. The van der Waals surface area contributed by atoms with Gasteiger partial charge in [-0.2, -0.15) is 0 Å². The van der Waals surface area contributed by atoms with E-state index in [0.29, 0.717) is 4.90 Å². The van der Waals surface area contributed by atoms with Crippen LogP contribution in [0.15, 0.2) is 53.4 Å². The van der Waals surface area contributed by atoms with Crippen LogP contribution >= 0.6 is 0 Å². The molecule has 0 aliphatic carbocycles. The third-order valence-corrected chi connectivity index (χ3v) is 5.07. The van der Waals surface area contributed by atoms with Gasteiger partial charge in [0.05, 0.1) is 10.6 Å². The summed E-state index contributed by atoms with van der Waals surface area (Å²) in [7, 11) is -3.12. The molecule has 0 fully saturated rings. The monoisotopic (exact) mass is 304 g/mol. The summed E-state index contributed by atoms with van der Waals surface area (Å²) in [5.74, 6) is 0.122. The van der Waals surface area contributed by atoms with Gasteiger partial charge in [-0.05, 0) is 48.4 Å². The summed E-state index contributed by atoms with van der Waals surface area (Å²) in [5.41, 5.74) is 8.53. The molecule has 0 spiro atoms. The third-order valence-electron chi connectivity index (χ3n) is 3.32. The highest BCUT2D eigenvalue weighted by molar-refractivity contribution is 7.91. The topological polar surface area (TPSA) is 72.2 Å². The van der Waals surface area contributed by atoms with E-state index in [9.17, 15) is 8.42 Å². The predicted octanol–water partition coefficient (Wildman–Crippen LogP) is 2.72. The Kier molecular flexibility index (Phi) is 4.85. The van der Waals surface area contributed by atoms with Crippen molar-refractivity contribution in [2.45, 2.75) is 18.2 Å². The molecule has 3 N–H and O–H groups in total. The zero-order valence-corrected chi connectivity index (χ0v) is 12.9. The first-order chi connectivity index (χ1) is 10.0. The molecule has 21 heavy (non-hydrogen) atoms. The molecule has 0 unspecified atom stereocenters. The molecule has 0 atom stereocenters. The summed E-state index contributed by atoms with van der Waals surface area (Å²) in [6.45, 7) is 2.43. The molecule has 0 amide bonds. The minimum absolute atomic E-state index is 0.122. The molecule has 2 aromatic carbocycles. The van der Waals surface area contributed by atoms with Crippen LogP contribution in [0.4, 0.5) is 11.4 Å². The van der Waals surface area contributed by atoms with Crippen molar-refractivity contribution < 1.29 is 8.42 Å². The Balaban J connectivity index is 1.91. The molecule has 5 heteroatoms. The number of benzene rings is 2. The minimum Gasteiger partial charge on any atom is -0.399 e. The van der Waals surface area contributed by atoms with Crippen LogP contribution in [0.2, 0.25) is 0 Å². The quantitative estimate of drug-likeness (QED) is 0.805. The maximum atomic E-state index is 11.7. The van der Waals surface area contributed by atoms with Crippen molar-refractivity contribution in [3.05, 3.63) is 54.1 Å². The molecule has 0 heterocycles. The van der Waals surface area contributed by atoms with Gasteiger partial charge in [-0.3, -0.25) is 0 Å². The Bertz CT molecular complexity index is 677. The standard InChI is InChI=1S/C16H20N2O2S/c1-2-21(19,20)16-9-7-15(8-10-16)18-12-11-13-3-5-14(17)6-4-13/h3-10,18H,2,11-12,17H2,1H3. The third kappa shape index (κ3) is 4.23. The van der Waals surface area contributed by atoms with Crippen LogP contribution < -0.4 is 11.1 Å². The summed E-state index contributed by atoms with van der Waals surface area (Å²) in [4.78, 5) is 0.370. The van der Waals surface area contributed by atoms with E-state index in [1.54, 1.807) is 31.2 Å². The van der Waals surface area contributed by atoms with Gasteiger partial charge in [-0.15, -0.1) is 0 Å². The second-order valence-electron chi connectivity index (χ2n) is 4.85. The maximum absolute atomic E-state index is 11.7. The molecule has 0 saturated carbocycles. The van der Waals surface area contributed by atoms with Crippen molar-refractivity contribution in [3.8, 4) is 0 Å². The molecule has 0 bridgehead atoms. The van der Waals surface area contributed by atoms with Gasteiger partial charge in [0.2, 0.25) is 0 Å². The van der Waals surface area contributed by atoms with E-state index in [2.05, 4.69) is 5.32 Å². The van der Waals surface area contributed by atoms with Crippen LogP contribution in [-0.4, -0.2) is 20.7 Å². The number of rotatable bonds is 6. The lowest BCUT2D eigenvalue weighted by molar-refractivity contribution is 0.597. The SMILES string of the molecule is CCS(=O)(=O)c1ccc(NCCc2ccc(N)cc2)cc1. The first-order valence-electron chi connectivity index (χ1n) is 6.92. The Hall–Kier alpha value is -2.01. The predicted molar refractivity (Wildman–Crippen MR) is 87.2 cm³/mol. The van der Waals surface area contributed by atoms with Crippen LogP contribution in [0.5, 0.6) is 0 Å². The number of nitrogens with one attached hydrogen (secondary N) is 1. The van der Waals surface area contributed by atoms with E-state index < -0.39 is 9.84 Å². The van der Waals surface area contributed by atoms with Crippen LogP contribution in [0.1, 0.15) is 12.5 Å². The molecule has 0 aliphatic rings. The van der Waals surface area contributed by atoms with E-state index in [-0.39, 0.29) is 5.75 Å². The summed E-state index contributed by atoms with van der Waals surface area (Å²) in [6.07, 6.45) is 0.884. The average molecular weight is 304 g/mol. The Morgan fingerprint density at radius 1 is 1.00 bits per heavy atom. The van der Waals surface area contributed by atoms with E-state index >= 15 is 0 Å². The van der Waals surface area contributed by atoms with Gasteiger partial charge in [0.25, 0.3) is 0 Å².